The van der Waals surface area contributed by atoms with Crippen molar-refractivity contribution in [3.8, 4) is 0 Å². The van der Waals surface area contributed by atoms with Gasteiger partial charge in [0.15, 0.2) is 0 Å². The minimum Gasteiger partial charge on any atom is -0.469 e. The highest BCUT2D eigenvalue weighted by molar-refractivity contribution is 5.93. The van der Waals surface area contributed by atoms with Crippen molar-refractivity contribution in [2.75, 3.05) is 0 Å². The molecule has 1 atom stereocenters. The summed E-state index contributed by atoms with van der Waals surface area (Å²) in [7, 11) is 0. The summed E-state index contributed by atoms with van der Waals surface area (Å²) in [6, 6.07) is 6.65. The molecule has 0 saturated carbocycles. The molecule has 2 rings (SSSR count). The molecular weight excluding hydrogens is 232 g/mol. The molecule has 0 aliphatic rings. The van der Waals surface area contributed by atoms with Gasteiger partial charge in [-0.05, 0) is 31.2 Å². The summed E-state index contributed by atoms with van der Waals surface area (Å²) in [5, 5.41) is 2.76. The van der Waals surface area contributed by atoms with Crippen LogP contribution in [0.3, 0.4) is 0 Å². The Balaban J connectivity index is 1.99. The van der Waals surface area contributed by atoms with Crippen molar-refractivity contribution in [3.63, 3.8) is 0 Å². The predicted molar refractivity (Wildman–Crippen MR) is 66.4 cm³/mol. The summed E-state index contributed by atoms with van der Waals surface area (Å²) in [6.45, 7) is 1.86. The first-order valence-corrected chi connectivity index (χ1v) is 5.68. The Morgan fingerprint density at radius 2 is 2.28 bits per heavy atom. The molecule has 0 radical (unpaired) electrons. The average Bonchev–Trinajstić information content (AvgIpc) is 2.82. The maximum atomic E-state index is 11.8. The Labute approximate surface area is 104 Å². The molecule has 1 amide bonds. The highest BCUT2D eigenvalue weighted by atomic mass is 16.3. The van der Waals surface area contributed by atoms with Crippen LogP contribution in [-0.4, -0.2) is 16.9 Å². The molecule has 5 heteroatoms. The Bertz CT molecular complexity index is 572. The van der Waals surface area contributed by atoms with E-state index in [-0.39, 0.29) is 23.1 Å². The zero-order valence-corrected chi connectivity index (χ0v) is 9.97. The first kappa shape index (κ1) is 12.2. The van der Waals surface area contributed by atoms with E-state index in [2.05, 4.69) is 10.3 Å². The van der Waals surface area contributed by atoms with Gasteiger partial charge in [-0.3, -0.25) is 9.59 Å². The van der Waals surface area contributed by atoms with E-state index in [0.29, 0.717) is 6.42 Å². The van der Waals surface area contributed by atoms with Crippen molar-refractivity contribution in [3.05, 3.63) is 58.4 Å². The van der Waals surface area contributed by atoms with Gasteiger partial charge in [0.1, 0.15) is 11.3 Å². The van der Waals surface area contributed by atoms with Gasteiger partial charge < -0.3 is 14.7 Å². The van der Waals surface area contributed by atoms with E-state index in [4.69, 9.17) is 4.42 Å². The molecule has 0 aromatic carbocycles. The minimum absolute atomic E-state index is 0.108. The number of H-pyrrole nitrogens is 1. The Kier molecular flexibility index (Phi) is 3.62. The van der Waals surface area contributed by atoms with Gasteiger partial charge in [0.2, 0.25) is 0 Å². The van der Waals surface area contributed by atoms with Gasteiger partial charge in [-0.2, -0.15) is 0 Å². The van der Waals surface area contributed by atoms with Crippen LogP contribution in [0.2, 0.25) is 0 Å². The number of hydrogen-bond donors (Lipinski definition) is 2. The van der Waals surface area contributed by atoms with E-state index in [1.54, 1.807) is 18.4 Å². The van der Waals surface area contributed by atoms with Gasteiger partial charge in [-0.15, -0.1) is 0 Å². The fraction of sp³-hybridized carbons (Fsp3) is 0.231. The van der Waals surface area contributed by atoms with E-state index in [9.17, 15) is 9.59 Å². The molecule has 18 heavy (non-hydrogen) atoms. The summed E-state index contributed by atoms with van der Waals surface area (Å²) < 4.78 is 5.20. The van der Waals surface area contributed by atoms with Crippen LogP contribution in [0.25, 0.3) is 0 Å². The zero-order valence-electron chi connectivity index (χ0n) is 9.97. The van der Waals surface area contributed by atoms with Crippen LogP contribution in [0.15, 0.2) is 45.9 Å². The molecule has 0 spiro atoms. The maximum Gasteiger partial charge on any atom is 0.260 e. The van der Waals surface area contributed by atoms with Gasteiger partial charge in [0.05, 0.1) is 6.26 Å². The number of carbonyl (C=O) groups is 1. The lowest BCUT2D eigenvalue weighted by Gasteiger charge is -2.11. The summed E-state index contributed by atoms with van der Waals surface area (Å²) in [4.78, 5) is 25.7. The van der Waals surface area contributed by atoms with Gasteiger partial charge >= 0.3 is 0 Å². The second-order valence-electron chi connectivity index (χ2n) is 4.07. The quantitative estimate of drug-likeness (QED) is 0.854. The number of rotatable bonds is 4. The number of nitrogens with one attached hydrogen (secondary N) is 2. The van der Waals surface area contributed by atoms with E-state index in [1.165, 1.54) is 12.3 Å². The second-order valence-corrected chi connectivity index (χ2v) is 4.07. The van der Waals surface area contributed by atoms with Crippen LogP contribution in [0, 0.1) is 0 Å². The zero-order chi connectivity index (χ0) is 13.0. The van der Waals surface area contributed by atoms with Crippen molar-refractivity contribution in [2.45, 2.75) is 19.4 Å². The van der Waals surface area contributed by atoms with Gasteiger partial charge in [-0.25, -0.2) is 0 Å². The molecule has 2 N–H and O–H groups in total. The normalized spacial score (nSPS) is 12.1. The molecule has 2 heterocycles. The summed E-state index contributed by atoms with van der Waals surface area (Å²) in [5.41, 5.74) is -0.274. The number of aromatic nitrogens is 1. The van der Waals surface area contributed by atoms with Gasteiger partial charge in [-0.1, -0.05) is 0 Å². The Morgan fingerprint density at radius 3 is 2.94 bits per heavy atom. The minimum atomic E-state index is -0.389. The monoisotopic (exact) mass is 246 g/mol. The predicted octanol–water partition coefficient (Wildman–Crippen LogP) is 1.33. The van der Waals surface area contributed by atoms with Gasteiger partial charge in [0.25, 0.3) is 11.5 Å². The lowest BCUT2D eigenvalue weighted by atomic mass is 10.2. The first-order chi connectivity index (χ1) is 8.66. The lowest BCUT2D eigenvalue weighted by molar-refractivity contribution is 0.0937. The van der Waals surface area contributed by atoms with E-state index in [0.717, 1.165) is 5.76 Å². The Morgan fingerprint density at radius 1 is 1.44 bits per heavy atom. The Hall–Kier alpha value is -2.30. The van der Waals surface area contributed by atoms with Gasteiger partial charge in [0, 0.05) is 18.7 Å². The molecule has 0 bridgehead atoms. The highest BCUT2D eigenvalue weighted by Gasteiger charge is 2.13. The number of amides is 1. The number of pyridine rings is 1. The molecule has 0 saturated heterocycles. The number of furan rings is 1. The third kappa shape index (κ3) is 2.88. The highest BCUT2D eigenvalue weighted by Crippen LogP contribution is 2.04. The van der Waals surface area contributed by atoms with Crippen molar-refractivity contribution in [1.82, 2.24) is 10.3 Å². The lowest BCUT2D eigenvalue weighted by Crippen LogP contribution is -2.36. The number of hydrogen-bond acceptors (Lipinski definition) is 3. The van der Waals surface area contributed by atoms with Crippen LogP contribution in [-0.2, 0) is 6.42 Å². The largest absolute Gasteiger partial charge is 0.469 e. The van der Waals surface area contributed by atoms with Crippen LogP contribution in [0.4, 0.5) is 0 Å². The van der Waals surface area contributed by atoms with Crippen molar-refractivity contribution in [2.24, 2.45) is 0 Å². The summed E-state index contributed by atoms with van der Waals surface area (Å²) >= 11 is 0. The second kappa shape index (κ2) is 5.35. The topological polar surface area (TPSA) is 75.1 Å². The fourth-order valence-corrected chi connectivity index (χ4v) is 1.68. The average molecular weight is 246 g/mol. The van der Waals surface area contributed by atoms with Crippen LogP contribution < -0.4 is 10.9 Å². The van der Waals surface area contributed by atoms with E-state index in [1.807, 2.05) is 13.0 Å². The summed E-state index contributed by atoms with van der Waals surface area (Å²) in [5.74, 6) is 0.417. The SMILES string of the molecule is C[C@@H](Cc1ccco1)NC(=O)c1ccc[nH]c1=O. The first-order valence-electron chi connectivity index (χ1n) is 5.68. The molecule has 94 valence electrons. The standard InChI is InChI=1S/C13H14N2O3/c1-9(8-10-4-3-7-18-10)15-13(17)11-5-2-6-14-12(11)16/h2-7,9H,8H2,1H3,(H,14,16)(H,15,17)/t9-/m0/s1. The smallest absolute Gasteiger partial charge is 0.260 e. The molecule has 0 fully saturated rings. The third-order valence-electron chi connectivity index (χ3n) is 2.53. The molecule has 0 aliphatic heterocycles. The van der Waals surface area contributed by atoms with E-state index < -0.39 is 0 Å². The summed E-state index contributed by atoms with van der Waals surface area (Å²) in [6.07, 6.45) is 3.67. The fourth-order valence-electron chi connectivity index (χ4n) is 1.68. The van der Waals surface area contributed by atoms with Crippen LogP contribution in [0.5, 0.6) is 0 Å². The van der Waals surface area contributed by atoms with Crippen molar-refractivity contribution < 1.29 is 9.21 Å². The van der Waals surface area contributed by atoms with E-state index >= 15 is 0 Å². The van der Waals surface area contributed by atoms with Crippen LogP contribution >= 0.6 is 0 Å². The third-order valence-corrected chi connectivity index (χ3v) is 2.53. The molecular formula is C13H14N2O3. The molecule has 5 nitrogen and oxygen atoms in total. The number of aromatic amines is 1. The molecule has 2 aromatic rings. The maximum absolute atomic E-state index is 11.8. The molecule has 2 aromatic heterocycles. The van der Waals surface area contributed by atoms with Crippen molar-refractivity contribution >= 4 is 5.91 Å². The van der Waals surface area contributed by atoms with Crippen molar-refractivity contribution in [1.29, 1.82) is 0 Å². The molecule has 0 unspecified atom stereocenters. The molecule has 0 aliphatic carbocycles. The number of carbonyl (C=O) groups excluding carboxylic acids is 1. The van der Waals surface area contributed by atoms with Crippen LogP contribution in [0.1, 0.15) is 23.0 Å².